The molecular formula is C21H25N7O. The van der Waals surface area contributed by atoms with E-state index in [0.29, 0.717) is 12.4 Å². The molecule has 150 valence electrons. The second-order valence-corrected chi connectivity index (χ2v) is 6.87. The van der Waals surface area contributed by atoms with Crippen molar-refractivity contribution in [2.24, 2.45) is 4.99 Å². The number of hydrogen-bond acceptors (Lipinski definition) is 5. The summed E-state index contributed by atoms with van der Waals surface area (Å²) >= 11 is 0. The van der Waals surface area contributed by atoms with Crippen LogP contribution in [0.2, 0.25) is 0 Å². The normalized spacial score (nSPS) is 16.8. The largest absolute Gasteiger partial charge is 0.472 e. The van der Waals surface area contributed by atoms with E-state index >= 15 is 0 Å². The Kier molecular flexibility index (Phi) is 5.69. The van der Waals surface area contributed by atoms with Crippen molar-refractivity contribution in [2.75, 3.05) is 20.1 Å². The molecule has 3 aromatic heterocycles. The minimum atomic E-state index is 0.103. The molecule has 0 radical (unpaired) electrons. The number of imidazole rings is 1. The maximum Gasteiger partial charge on any atom is 0.213 e. The van der Waals surface area contributed by atoms with Gasteiger partial charge >= 0.3 is 0 Å². The van der Waals surface area contributed by atoms with Gasteiger partial charge in [0.05, 0.1) is 6.54 Å². The number of aryl methyl sites for hydroxylation is 1. The summed E-state index contributed by atoms with van der Waals surface area (Å²) in [5.41, 5.74) is 1.08. The number of ether oxygens (including phenoxy) is 1. The van der Waals surface area contributed by atoms with Gasteiger partial charge in [-0.15, -0.1) is 0 Å². The van der Waals surface area contributed by atoms with Gasteiger partial charge in [0.15, 0.2) is 5.96 Å². The van der Waals surface area contributed by atoms with Gasteiger partial charge in [0.25, 0.3) is 0 Å². The Morgan fingerprint density at radius 3 is 2.83 bits per heavy atom. The first-order valence-corrected chi connectivity index (χ1v) is 9.72. The molecule has 1 fully saturated rings. The molecule has 1 saturated heterocycles. The molecule has 3 aromatic rings. The third-order valence-electron chi connectivity index (χ3n) is 4.94. The fraction of sp³-hybridized carbons (Fsp3) is 0.333. The summed E-state index contributed by atoms with van der Waals surface area (Å²) in [5.74, 6) is 3.30. The Hall–Kier alpha value is -3.42. The predicted octanol–water partition coefficient (Wildman–Crippen LogP) is 2.20. The van der Waals surface area contributed by atoms with Crippen molar-refractivity contribution in [3.63, 3.8) is 0 Å². The van der Waals surface area contributed by atoms with E-state index in [1.807, 2.05) is 42.0 Å². The highest BCUT2D eigenvalue weighted by Gasteiger charge is 2.26. The zero-order valence-electron chi connectivity index (χ0n) is 16.7. The molecule has 8 nitrogen and oxygen atoms in total. The number of nitrogens with zero attached hydrogens (tertiary/aromatic N) is 6. The Morgan fingerprint density at radius 2 is 2.07 bits per heavy atom. The van der Waals surface area contributed by atoms with Gasteiger partial charge in [-0.1, -0.05) is 12.1 Å². The molecule has 0 spiro atoms. The smallest absolute Gasteiger partial charge is 0.213 e. The van der Waals surface area contributed by atoms with E-state index in [-0.39, 0.29) is 6.10 Å². The number of pyridine rings is 2. The number of rotatable bonds is 5. The molecule has 1 aliphatic heterocycles. The number of aromatic nitrogens is 4. The molecule has 0 bridgehead atoms. The topological polar surface area (TPSA) is 80.5 Å². The fourth-order valence-corrected chi connectivity index (χ4v) is 3.50. The van der Waals surface area contributed by atoms with Gasteiger partial charge in [-0.25, -0.2) is 15.0 Å². The van der Waals surface area contributed by atoms with E-state index < -0.39 is 0 Å². The number of nitrogens with one attached hydrogen (secondary N) is 1. The molecule has 1 N–H and O–H groups in total. The maximum absolute atomic E-state index is 5.99. The van der Waals surface area contributed by atoms with Crippen molar-refractivity contribution in [1.82, 2.24) is 29.7 Å². The van der Waals surface area contributed by atoms with Crippen LogP contribution in [0.15, 0.2) is 60.1 Å². The molecule has 0 aromatic carbocycles. The van der Waals surface area contributed by atoms with Crippen molar-refractivity contribution < 1.29 is 4.74 Å². The Bertz CT molecular complexity index is 970. The summed E-state index contributed by atoms with van der Waals surface area (Å²) in [6, 6.07) is 9.72. The average molecular weight is 391 g/mol. The van der Waals surface area contributed by atoms with E-state index in [9.17, 15) is 0 Å². The lowest BCUT2D eigenvalue weighted by atomic mass is 10.2. The van der Waals surface area contributed by atoms with Crippen molar-refractivity contribution in [3.8, 4) is 11.7 Å². The molecule has 0 amide bonds. The minimum Gasteiger partial charge on any atom is -0.472 e. The summed E-state index contributed by atoms with van der Waals surface area (Å²) < 4.78 is 7.98. The molecule has 1 atom stereocenters. The van der Waals surface area contributed by atoms with Crippen LogP contribution in [-0.2, 0) is 6.54 Å². The first-order chi connectivity index (χ1) is 14.2. The molecule has 0 saturated carbocycles. The van der Waals surface area contributed by atoms with E-state index in [4.69, 9.17) is 4.74 Å². The molecule has 1 aliphatic rings. The van der Waals surface area contributed by atoms with Crippen LogP contribution < -0.4 is 10.1 Å². The monoisotopic (exact) mass is 391 g/mol. The third kappa shape index (κ3) is 4.37. The van der Waals surface area contributed by atoms with Crippen LogP contribution in [0.4, 0.5) is 0 Å². The van der Waals surface area contributed by atoms with Gasteiger partial charge in [0.1, 0.15) is 17.7 Å². The van der Waals surface area contributed by atoms with E-state index in [1.54, 1.807) is 25.6 Å². The van der Waals surface area contributed by atoms with Gasteiger partial charge in [-0.05, 0) is 19.1 Å². The van der Waals surface area contributed by atoms with Gasteiger partial charge in [-0.2, -0.15) is 0 Å². The van der Waals surface area contributed by atoms with Crippen LogP contribution >= 0.6 is 0 Å². The highest BCUT2D eigenvalue weighted by molar-refractivity contribution is 5.80. The van der Waals surface area contributed by atoms with Crippen molar-refractivity contribution in [2.45, 2.75) is 26.0 Å². The number of guanidine groups is 1. The number of likely N-dealkylation sites (tertiary alicyclic amines) is 1. The number of hydrogen-bond donors (Lipinski definition) is 1. The van der Waals surface area contributed by atoms with Crippen molar-refractivity contribution in [1.29, 1.82) is 0 Å². The maximum atomic E-state index is 5.99. The van der Waals surface area contributed by atoms with Crippen LogP contribution in [0.25, 0.3) is 5.82 Å². The summed E-state index contributed by atoms with van der Waals surface area (Å²) in [5, 5.41) is 3.46. The minimum absolute atomic E-state index is 0.103. The quantitative estimate of drug-likeness (QED) is 0.531. The fourth-order valence-electron chi connectivity index (χ4n) is 3.50. The second-order valence-electron chi connectivity index (χ2n) is 6.87. The second kappa shape index (κ2) is 8.72. The van der Waals surface area contributed by atoms with Crippen LogP contribution in [-0.4, -0.2) is 56.6 Å². The van der Waals surface area contributed by atoms with Crippen LogP contribution in [0, 0.1) is 6.92 Å². The SMILES string of the molecule is CN=C(NCc1cccnc1-n1ccnc1C)N1CCC(Oc2ccccn2)C1. The first kappa shape index (κ1) is 18.9. The van der Waals surface area contributed by atoms with Crippen LogP contribution in [0.3, 0.4) is 0 Å². The highest BCUT2D eigenvalue weighted by Crippen LogP contribution is 2.17. The molecule has 4 rings (SSSR count). The van der Waals surface area contributed by atoms with Crippen molar-refractivity contribution >= 4 is 5.96 Å². The van der Waals surface area contributed by atoms with Crippen LogP contribution in [0.5, 0.6) is 5.88 Å². The average Bonchev–Trinajstić information content (AvgIpc) is 3.39. The lowest BCUT2D eigenvalue weighted by molar-refractivity contribution is 0.205. The van der Waals surface area contributed by atoms with Gasteiger partial charge in [0, 0.05) is 63.0 Å². The Morgan fingerprint density at radius 1 is 1.17 bits per heavy atom. The summed E-state index contributed by atoms with van der Waals surface area (Å²) in [6.45, 7) is 4.25. The van der Waals surface area contributed by atoms with Gasteiger partial charge in [0.2, 0.25) is 5.88 Å². The highest BCUT2D eigenvalue weighted by atomic mass is 16.5. The molecule has 4 heterocycles. The molecular weight excluding hydrogens is 366 g/mol. The van der Waals surface area contributed by atoms with E-state index in [2.05, 4.69) is 36.2 Å². The molecule has 1 unspecified atom stereocenters. The summed E-state index contributed by atoms with van der Waals surface area (Å²) in [6.07, 6.45) is 8.29. The number of aliphatic imine (C=N–C) groups is 1. The molecule has 0 aliphatic carbocycles. The standard InChI is InChI=1S/C21H25N7O/c1-16-23-11-13-28(16)20-17(6-5-10-25-20)14-26-21(22-2)27-12-8-18(15-27)29-19-7-3-4-9-24-19/h3-7,9-11,13,18H,8,12,14-15H2,1-2H3,(H,22,26). The Labute approximate surface area is 170 Å². The molecule has 29 heavy (non-hydrogen) atoms. The lowest BCUT2D eigenvalue weighted by Gasteiger charge is -2.22. The first-order valence-electron chi connectivity index (χ1n) is 9.72. The van der Waals surface area contributed by atoms with Gasteiger partial charge in [-0.3, -0.25) is 9.56 Å². The van der Waals surface area contributed by atoms with Crippen LogP contribution in [0.1, 0.15) is 17.8 Å². The molecule has 8 heteroatoms. The summed E-state index contributed by atoms with van der Waals surface area (Å²) in [4.78, 5) is 19.8. The predicted molar refractivity (Wildman–Crippen MR) is 111 cm³/mol. The lowest BCUT2D eigenvalue weighted by Crippen LogP contribution is -2.40. The van der Waals surface area contributed by atoms with E-state index in [0.717, 1.165) is 42.7 Å². The Balaban J connectivity index is 1.39. The van der Waals surface area contributed by atoms with E-state index in [1.165, 1.54) is 0 Å². The van der Waals surface area contributed by atoms with Crippen molar-refractivity contribution in [3.05, 3.63) is 66.5 Å². The summed E-state index contributed by atoms with van der Waals surface area (Å²) in [7, 11) is 1.80. The third-order valence-corrected chi connectivity index (χ3v) is 4.94. The zero-order chi connectivity index (χ0) is 20.1. The zero-order valence-corrected chi connectivity index (χ0v) is 16.7. The van der Waals surface area contributed by atoms with Gasteiger partial charge < -0.3 is 15.0 Å².